The Morgan fingerprint density at radius 1 is 1.65 bits per heavy atom. The van der Waals surface area contributed by atoms with Crippen LogP contribution in [0.3, 0.4) is 0 Å². The molecule has 3 N–H and O–H groups in total. The number of amides is 1. The van der Waals surface area contributed by atoms with Gasteiger partial charge in [0.15, 0.2) is 0 Å². The number of carbonyl (C=O) groups is 1. The fraction of sp³-hybridized carbons (Fsp3) is 0.667. The van der Waals surface area contributed by atoms with Crippen molar-refractivity contribution in [2.75, 3.05) is 11.9 Å². The fourth-order valence-corrected chi connectivity index (χ4v) is 2.28. The van der Waals surface area contributed by atoms with Crippen molar-refractivity contribution in [2.45, 2.75) is 39.2 Å². The summed E-state index contributed by atoms with van der Waals surface area (Å²) in [4.78, 5) is 11.9. The molecular formula is C12H20N4O. The topological polar surface area (TPSA) is 72.9 Å². The molecule has 0 aliphatic heterocycles. The van der Waals surface area contributed by atoms with Gasteiger partial charge in [-0.05, 0) is 31.7 Å². The maximum atomic E-state index is 11.9. The molecule has 0 aromatic carbocycles. The summed E-state index contributed by atoms with van der Waals surface area (Å²) in [5.41, 5.74) is 6.57. The zero-order valence-corrected chi connectivity index (χ0v) is 10.3. The third-order valence-electron chi connectivity index (χ3n) is 3.62. The first-order valence-corrected chi connectivity index (χ1v) is 6.20. The van der Waals surface area contributed by atoms with E-state index in [1.54, 1.807) is 10.9 Å². The van der Waals surface area contributed by atoms with Crippen molar-refractivity contribution in [3.05, 3.63) is 12.4 Å². The SMILES string of the molecule is CCn1cc(NC(=O)CC2(CN)CCC2)cn1. The molecule has 1 aliphatic rings. The highest BCUT2D eigenvalue weighted by molar-refractivity contribution is 5.90. The van der Waals surface area contributed by atoms with Crippen LogP contribution in [0.15, 0.2) is 12.4 Å². The van der Waals surface area contributed by atoms with Gasteiger partial charge in [-0.3, -0.25) is 9.48 Å². The van der Waals surface area contributed by atoms with Crippen molar-refractivity contribution in [2.24, 2.45) is 11.1 Å². The van der Waals surface area contributed by atoms with Crippen LogP contribution in [0.2, 0.25) is 0 Å². The van der Waals surface area contributed by atoms with Crippen LogP contribution in [0.5, 0.6) is 0 Å². The quantitative estimate of drug-likeness (QED) is 0.810. The third kappa shape index (κ3) is 2.66. The molecule has 1 aromatic rings. The number of anilines is 1. The molecule has 5 heteroatoms. The largest absolute Gasteiger partial charge is 0.330 e. The average Bonchev–Trinajstić information content (AvgIpc) is 2.71. The summed E-state index contributed by atoms with van der Waals surface area (Å²) in [6.45, 7) is 3.42. The lowest BCUT2D eigenvalue weighted by Gasteiger charge is -2.40. The second-order valence-corrected chi connectivity index (χ2v) is 4.87. The number of rotatable bonds is 5. The van der Waals surface area contributed by atoms with Gasteiger partial charge in [-0.15, -0.1) is 0 Å². The summed E-state index contributed by atoms with van der Waals surface area (Å²) in [7, 11) is 0. The number of nitrogens with two attached hydrogens (primary N) is 1. The summed E-state index contributed by atoms with van der Waals surface area (Å²) in [5.74, 6) is 0.0470. The van der Waals surface area contributed by atoms with Gasteiger partial charge in [-0.1, -0.05) is 6.42 Å². The molecule has 1 saturated carbocycles. The van der Waals surface area contributed by atoms with Gasteiger partial charge in [-0.2, -0.15) is 5.10 Å². The number of carbonyl (C=O) groups excluding carboxylic acids is 1. The van der Waals surface area contributed by atoms with E-state index in [1.807, 2.05) is 13.1 Å². The van der Waals surface area contributed by atoms with Crippen molar-refractivity contribution >= 4 is 11.6 Å². The predicted molar refractivity (Wildman–Crippen MR) is 66.5 cm³/mol. The molecule has 0 atom stereocenters. The molecule has 0 unspecified atom stereocenters. The van der Waals surface area contributed by atoms with Gasteiger partial charge in [0.25, 0.3) is 0 Å². The highest BCUT2D eigenvalue weighted by Crippen LogP contribution is 2.42. The van der Waals surface area contributed by atoms with Crippen LogP contribution in [0.4, 0.5) is 5.69 Å². The average molecular weight is 236 g/mol. The second-order valence-electron chi connectivity index (χ2n) is 4.87. The molecule has 0 radical (unpaired) electrons. The molecule has 1 fully saturated rings. The molecule has 17 heavy (non-hydrogen) atoms. The molecule has 1 aromatic heterocycles. The van der Waals surface area contributed by atoms with Crippen LogP contribution in [0.1, 0.15) is 32.6 Å². The minimum absolute atomic E-state index is 0.0470. The van der Waals surface area contributed by atoms with E-state index in [0.717, 1.165) is 25.1 Å². The molecular weight excluding hydrogens is 216 g/mol. The molecule has 0 spiro atoms. The first-order chi connectivity index (χ1) is 8.17. The zero-order chi connectivity index (χ0) is 12.3. The minimum atomic E-state index is 0.0470. The monoisotopic (exact) mass is 236 g/mol. The van der Waals surface area contributed by atoms with Crippen LogP contribution in [0, 0.1) is 5.41 Å². The molecule has 1 heterocycles. The van der Waals surface area contributed by atoms with Crippen LogP contribution in [-0.2, 0) is 11.3 Å². The van der Waals surface area contributed by atoms with Gasteiger partial charge in [-0.25, -0.2) is 0 Å². The minimum Gasteiger partial charge on any atom is -0.330 e. The van der Waals surface area contributed by atoms with Crippen molar-refractivity contribution in [1.82, 2.24) is 9.78 Å². The standard InChI is InChI=1S/C12H20N4O/c1-2-16-8-10(7-14-16)15-11(17)6-12(9-13)4-3-5-12/h7-8H,2-6,9,13H2,1H3,(H,15,17). The van der Waals surface area contributed by atoms with Gasteiger partial charge in [0, 0.05) is 19.2 Å². The summed E-state index contributed by atoms with van der Waals surface area (Å²) < 4.78 is 1.79. The number of aryl methyl sites for hydroxylation is 1. The molecule has 1 amide bonds. The van der Waals surface area contributed by atoms with Crippen molar-refractivity contribution < 1.29 is 4.79 Å². The van der Waals surface area contributed by atoms with Crippen LogP contribution in [-0.4, -0.2) is 22.2 Å². The molecule has 94 valence electrons. The Bertz CT molecular complexity index is 389. The van der Waals surface area contributed by atoms with E-state index < -0.39 is 0 Å². The van der Waals surface area contributed by atoms with E-state index in [4.69, 9.17) is 5.73 Å². The Balaban J connectivity index is 1.88. The van der Waals surface area contributed by atoms with Crippen molar-refractivity contribution in [3.63, 3.8) is 0 Å². The zero-order valence-electron chi connectivity index (χ0n) is 10.3. The summed E-state index contributed by atoms with van der Waals surface area (Å²) in [6.07, 6.45) is 7.39. The van der Waals surface area contributed by atoms with Gasteiger partial charge in [0.2, 0.25) is 5.91 Å². The van der Waals surface area contributed by atoms with Crippen molar-refractivity contribution in [1.29, 1.82) is 0 Å². The molecule has 0 bridgehead atoms. The lowest BCUT2D eigenvalue weighted by molar-refractivity contribution is -0.119. The van der Waals surface area contributed by atoms with E-state index in [1.165, 1.54) is 6.42 Å². The summed E-state index contributed by atoms with van der Waals surface area (Å²) in [5, 5.41) is 6.99. The Morgan fingerprint density at radius 2 is 2.41 bits per heavy atom. The first-order valence-electron chi connectivity index (χ1n) is 6.20. The Hall–Kier alpha value is -1.36. The molecule has 0 saturated heterocycles. The van der Waals surface area contributed by atoms with Crippen LogP contribution in [0.25, 0.3) is 0 Å². The van der Waals surface area contributed by atoms with Crippen molar-refractivity contribution in [3.8, 4) is 0 Å². The second kappa shape index (κ2) is 4.87. The van der Waals surface area contributed by atoms with Gasteiger partial charge < -0.3 is 11.1 Å². The number of nitrogens with one attached hydrogen (secondary N) is 1. The van der Waals surface area contributed by atoms with E-state index in [-0.39, 0.29) is 11.3 Å². The van der Waals surface area contributed by atoms with E-state index in [2.05, 4.69) is 10.4 Å². The number of aromatic nitrogens is 2. The smallest absolute Gasteiger partial charge is 0.225 e. The van der Waals surface area contributed by atoms with Gasteiger partial charge in [0.1, 0.15) is 0 Å². The highest BCUT2D eigenvalue weighted by Gasteiger charge is 2.37. The van der Waals surface area contributed by atoms with E-state index in [0.29, 0.717) is 13.0 Å². The maximum absolute atomic E-state index is 11.9. The van der Waals surface area contributed by atoms with Gasteiger partial charge in [0.05, 0.1) is 11.9 Å². The number of hydrogen-bond donors (Lipinski definition) is 2. The van der Waals surface area contributed by atoms with Crippen LogP contribution < -0.4 is 11.1 Å². The first kappa shape index (κ1) is 12.1. The predicted octanol–water partition coefficient (Wildman–Crippen LogP) is 1.36. The Labute approximate surface area is 101 Å². The van der Waals surface area contributed by atoms with Crippen LogP contribution >= 0.6 is 0 Å². The molecule has 2 rings (SSSR count). The maximum Gasteiger partial charge on any atom is 0.225 e. The van der Waals surface area contributed by atoms with E-state index in [9.17, 15) is 4.79 Å². The third-order valence-corrected chi connectivity index (χ3v) is 3.62. The lowest BCUT2D eigenvalue weighted by atomic mass is 9.66. The number of hydrogen-bond acceptors (Lipinski definition) is 3. The molecule has 1 aliphatic carbocycles. The summed E-state index contributed by atoms with van der Waals surface area (Å²) in [6, 6.07) is 0. The van der Waals surface area contributed by atoms with E-state index >= 15 is 0 Å². The number of nitrogens with zero attached hydrogens (tertiary/aromatic N) is 2. The normalized spacial score (nSPS) is 17.5. The van der Waals surface area contributed by atoms with Gasteiger partial charge >= 0.3 is 0 Å². The lowest BCUT2D eigenvalue weighted by Crippen LogP contribution is -2.40. The Morgan fingerprint density at radius 3 is 2.88 bits per heavy atom. The summed E-state index contributed by atoms with van der Waals surface area (Å²) >= 11 is 0. The fourth-order valence-electron chi connectivity index (χ4n) is 2.28. The highest BCUT2D eigenvalue weighted by atomic mass is 16.1. The molecule has 5 nitrogen and oxygen atoms in total. The Kier molecular flexibility index (Phi) is 3.47.